The molecule has 160 valence electrons. The van der Waals surface area contributed by atoms with Crippen molar-refractivity contribution in [1.29, 1.82) is 0 Å². The summed E-state index contributed by atoms with van der Waals surface area (Å²) in [7, 11) is 1.24. The van der Waals surface area contributed by atoms with Crippen molar-refractivity contribution in [3.63, 3.8) is 0 Å². The largest absolute Gasteiger partial charge is 0.467 e. The number of nitrogens with one attached hydrogen (secondary N) is 1. The van der Waals surface area contributed by atoms with E-state index in [1.165, 1.54) is 13.2 Å². The molecule has 2 amide bonds. The molecule has 8 heteroatoms. The summed E-state index contributed by atoms with van der Waals surface area (Å²) in [5, 5.41) is 12.9. The van der Waals surface area contributed by atoms with Crippen LogP contribution in [0.3, 0.4) is 0 Å². The standard InChI is InChI=1S/C21H30N2O6/c1-21(2,3)29-20(26)22-17(19(25)28-4)12-8-9-15-23(27)18(24)14-13-16-10-6-5-7-11-16/h5-7,10-11,13-14,17,27H,8-9,12,15H2,1-4H3,(H,22,26)/b14-13+/t17-/m0/s1. The molecule has 0 saturated heterocycles. The minimum absolute atomic E-state index is 0.0955. The molecular formula is C21H30N2O6. The number of rotatable bonds is 9. The van der Waals surface area contributed by atoms with Crippen LogP contribution >= 0.6 is 0 Å². The molecule has 0 radical (unpaired) electrons. The number of nitrogens with zero attached hydrogens (tertiary/aromatic N) is 1. The number of alkyl carbamates (subject to hydrolysis) is 1. The minimum atomic E-state index is -0.865. The number of esters is 1. The van der Waals surface area contributed by atoms with Gasteiger partial charge in [-0.25, -0.2) is 14.7 Å². The summed E-state index contributed by atoms with van der Waals surface area (Å²) in [4.78, 5) is 35.6. The molecule has 0 bridgehead atoms. The molecule has 0 fully saturated rings. The molecule has 0 spiro atoms. The van der Waals surface area contributed by atoms with E-state index in [1.54, 1.807) is 26.8 Å². The van der Waals surface area contributed by atoms with Gasteiger partial charge < -0.3 is 14.8 Å². The lowest BCUT2D eigenvalue weighted by Gasteiger charge is -2.22. The van der Waals surface area contributed by atoms with Gasteiger partial charge in [-0.15, -0.1) is 0 Å². The van der Waals surface area contributed by atoms with E-state index in [1.807, 2.05) is 30.3 Å². The van der Waals surface area contributed by atoms with Crippen molar-refractivity contribution in [2.24, 2.45) is 0 Å². The summed E-state index contributed by atoms with van der Waals surface area (Å²) in [6, 6.07) is 8.40. The highest BCUT2D eigenvalue weighted by atomic mass is 16.6. The Morgan fingerprint density at radius 3 is 2.41 bits per heavy atom. The molecule has 0 aliphatic rings. The van der Waals surface area contributed by atoms with Gasteiger partial charge in [0, 0.05) is 12.6 Å². The van der Waals surface area contributed by atoms with Crippen molar-refractivity contribution in [2.45, 2.75) is 51.7 Å². The number of carbonyl (C=O) groups excluding carboxylic acids is 3. The van der Waals surface area contributed by atoms with Crippen LogP contribution in [0.15, 0.2) is 36.4 Å². The zero-order valence-electron chi connectivity index (χ0n) is 17.4. The maximum absolute atomic E-state index is 11.9. The fourth-order valence-corrected chi connectivity index (χ4v) is 2.38. The van der Waals surface area contributed by atoms with E-state index in [0.717, 1.165) is 5.56 Å². The molecule has 8 nitrogen and oxygen atoms in total. The Hall–Kier alpha value is -2.87. The number of benzene rings is 1. The summed E-state index contributed by atoms with van der Waals surface area (Å²) < 4.78 is 9.85. The summed E-state index contributed by atoms with van der Waals surface area (Å²) in [5.41, 5.74) is 0.166. The van der Waals surface area contributed by atoms with E-state index in [-0.39, 0.29) is 13.0 Å². The molecule has 1 rings (SSSR count). The summed E-state index contributed by atoms with van der Waals surface area (Å²) in [6.45, 7) is 5.26. The van der Waals surface area contributed by atoms with Crippen LogP contribution in [0.2, 0.25) is 0 Å². The first-order chi connectivity index (χ1) is 13.6. The molecule has 1 aromatic carbocycles. The molecule has 0 saturated carbocycles. The maximum atomic E-state index is 11.9. The van der Waals surface area contributed by atoms with Crippen molar-refractivity contribution in [2.75, 3.05) is 13.7 Å². The van der Waals surface area contributed by atoms with Crippen molar-refractivity contribution in [3.05, 3.63) is 42.0 Å². The van der Waals surface area contributed by atoms with Gasteiger partial charge in [-0.2, -0.15) is 0 Å². The van der Waals surface area contributed by atoms with Gasteiger partial charge in [0.05, 0.1) is 7.11 Å². The summed E-state index contributed by atoms with van der Waals surface area (Å²) in [6.07, 6.45) is 3.39. The third-order valence-corrected chi connectivity index (χ3v) is 3.76. The van der Waals surface area contributed by atoms with E-state index in [2.05, 4.69) is 5.32 Å². The highest BCUT2D eigenvalue weighted by molar-refractivity contribution is 5.90. The first-order valence-electron chi connectivity index (χ1n) is 9.43. The topological polar surface area (TPSA) is 105 Å². The van der Waals surface area contributed by atoms with E-state index < -0.39 is 29.6 Å². The van der Waals surface area contributed by atoms with Gasteiger partial charge in [-0.05, 0) is 51.7 Å². The number of hydroxylamine groups is 2. The zero-order chi connectivity index (χ0) is 21.9. The number of hydrogen-bond acceptors (Lipinski definition) is 6. The van der Waals surface area contributed by atoms with E-state index in [0.29, 0.717) is 17.9 Å². The first kappa shape index (κ1) is 24.2. The van der Waals surface area contributed by atoms with Gasteiger partial charge in [-0.3, -0.25) is 10.0 Å². The Balaban J connectivity index is 2.43. The smallest absolute Gasteiger partial charge is 0.408 e. The van der Waals surface area contributed by atoms with Crippen molar-refractivity contribution in [3.8, 4) is 0 Å². The normalized spacial score (nSPS) is 12.3. The van der Waals surface area contributed by atoms with E-state index >= 15 is 0 Å². The average molecular weight is 406 g/mol. The fraction of sp³-hybridized carbons (Fsp3) is 0.476. The third kappa shape index (κ3) is 10.3. The number of unbranched alkanes of at least 4 members (excludes halogenated alkanes) is 1. The summed E-state index contributed by atoms with van der Waals surface area (Å²) in [5.74, 6) is -1.12. The van der Waals surface area contributed by atoms with Gasteiger partial charge in [0.2, 0.25) is 0 Å². The van der Waals surface area contributed by atoms with Crippen LogP contribution in [0, 0.1) is 0 Å². The molecule has 0 unspecified atom stereocenters. The van der Waals surface area contributed by atoms with E-state index in [9.17, 15) is 19.6 Å². The fourth-order valence-electron chi connectivity index (χ4n) is 2.38. The lowest BCUT2D eigenvalue weighted by Crippen LogP contribution is -2.44. The number of amides is 2. The molecule has 0 aliphatic carbocycles. The second kappa shape index (κ2) is 11.9. The van der Waals surface area contributed by atoms with E-state index in [4.69, 9.17) is 9.47 Å². The lowest BCUT2D eigenvalue weighted by atomic mass is 10.1. The van der Waals surface area contributed by atoms with Crippen LogP contribution in [-0.2, 0) is 19.1 Å². The predicted octanol–water partition coefficient (Wildman–Crippen LogP) is 3.15. The molecule has 0 aromatic heterocycles. The van der Waals surface area contributed by atoms with Crippen molar-refractivity contribution < 1.29 is 29.1 Å². The molecule has 2 N–H and O–H groups in total. The number of methoxy groups -OCH3 is 1. The zero-order valence-corrected chi connectivity index (χ0v) is 17.4. The number of carbonyl (C=O) groups is 3. The second-order valence-corrected chi connectivity index (χ2v) is 7.42. The lowest BCUT2D eigenvalue weighted by molar-refractivity contribution is -0.159. The monoisotopic (exact) mass is 406 g/mol. The van der Waals surface area contributed by atoms with Gasteiger partial charge in [-0.1, -0.05) is 30.3 Å². The highest BCUT2D eigenvalue weighted by Gasteiger charge is 2.24. The number of ether oxygens (including phenoxy) is 2. The Labute approximate surface area is 171 Å². The van der Waals surface area contributed by atoms with Crippen LogP contribution in [0.4, 0.5) is 4.79 Å². The van der Waals surface area contributed by atoms with Crippen LogP contribution in [0.1, 0.15) is 45.6 Å². The molecule has 0 heterocycles. The van der Waals surface area contributed by atoms with Crippen LogP contribution in [-0.4, -0.2) is 53.5 Å². The Kier molecular flexibility index (Phi) is 9.88. The number of hydrogen-bond donors (Lipinski definition) is 2. The Morgan fingerprint density at radius 1 is 1.17 bits per heavy atom. The molecular weight excluding hydrogens is 376 g/mol. The molecule has 29 heavy (non-hydrogen) atoms. The van der Waals surface area contributed by atoms with Gasteiger partial charge in [0.15, 0.2) is 0 Å². The van der Waals surface area contributed by atoms with Gasteiger partial charge in [0.1, 0.15) is 11.6 Å². The van der Waals surface area contributed by atoms with Crippen molar-refractivity contribution >= 4 is 24.0 Å². The van der Waals surface area contributed by atoms with Crippen molar-refractivity contribution in [1.82, 2.24) is 10.4 Å². The Bertz CT molecular complexity index is 697. The Morgan fingerprint density at radius 2 is 1.83 bits per heavy atom. The minimum Gasteiger partial charge on any atom is -0.467 e. The van der Waals surface area contributed by atoms with Crippen LogP contribution in [0.5, 0.6) is 0 Å². The SMILES string of the molecule is COC(=O)[C@H](CCCCN(O)C(=O)/C=C/c1ccccc1)NC(=O)OC(C)(C)C. The molecule has 1 aromatic rings. The van der Waals surface area contributed by atoms with Gasteiger partial charge in [0.25, 0.3) is 5.91 Å². The predicted molar refractivity (Wildman–Crippen MR) is 108 cm³/mol. The highest BCUT2D eigenvalue weighted by Crippen LogP contribution is 2.09. The quantitative estimate of drug-likeness (QED) is 0.215. The summed E-state index contributed by atoms with van der Waals surface area (Å²) >= 11 is 0. The maximum Gasteiger partial charge on any atom is 0.408 e. The first-order valence-corrected chi connectivity index (χ1v) is 9.43. The second-order valence-electron chi connectivity index (χ2n) is 7.42. The van der Waals surface area contributed by atoms with Crippen LogP contribution < -0.4 is 5.32 Å². The third-order valence-electron chi connectivity index (χ3n) is 3.76. The average Bonchev–Trinajstić information content (AvgIpc) is 2.66. The van der Waals surface area contributed by atoms with Crippen LogP contribution in [0.25, 0.3) is 6.08 Å². The molecule has 0 aliphatic heterocycles. The van der Waals surface area contributed by atoms with Gasteiger partial charge >= 0.3 is 12.1 Å². The molecule has 1 atom stereocenters.